The second-order valence-electron chi connectivity index (χ2n) is 2.83. The quantitative estimate of drug-likeness (QED) is 0.418. The van der Waals surface area contributed by atoms with Crippen LogP contribution in [0.2, 0.25) is 0 Å². The van der Waals surface area contributed by atoms with Crippen molar-refractivity contribution < 1.29 is 4.79 Å². The lowest BCUT2D eigenvalue weighted by molar-refractivity contribution is -0.111. The van der Waals surface area contributed by atoms with Crippen LogP contribution in [0.3, 0.4) is 0 Å². The summed E-state index contributed by atoms with van der Waals surface area (Å²) in [5.74, 6) is 0. The van der Waals surface area contributed by atoms with E-state index in [-0.39, 0.29) is 0 Å². The average Bonchev–Trinajstić information content (AvgIpc) is 1.89. The van der Waals surface area contributed by atoms with Crippen LogP contribution in [-0.2, 0) is 4.79 Å². The first-order valence-corrected chi connectivity index (χ1v) is 3.52. The molecular formula is C7H16N2O. The van der Waals surface area contributed by atoms with E-state index in [1.54, 1.807) is 6.92 Å². The Hall–Kier alpha value is -0.410. The molecule has 1 atom stereocenters. The zero-order valence-electron chi connectivity index (χ0n) is 6.68. The van der Waals surface area contributed by atoms with E-state index in [0.29, 0.717) is 0 Å². The Bertz CT molecular complexity index is 102. The van der Waals surface area contributed by atoms with Gasteiger partial charge in [0.25, 0.3) is 0 Å². The number of rotatable bonds is 5. The molecule has 0 amide bonds. The van der Waals surface area contributed by atoms with Crippen molar-refractivity contribution in [1.29, 1.82) is 0 Å². The van der Waals surface area contributed by atoms with Crippen LogP contribution in [0.1, 0.15) is 19.8 Å². The predicted molar refractivity (Wildman–Crippen MR) is 41.8 cm³/mol. The maximum absolute atomic E-state index is 10.3. The first-order chi connectivity index (χ1) is 4.62. The third kappa shape index (κ3) is 4.47. The lowest BCUT2D eigenvalue weighted by Crippen LogP contribution is -2.38. The van der Waals surface area contributed by atoms with Crippen LogP contribution < -0.4 is 11.1 Å². The van der Waals surface area contributed by atoms with Crippen molar-refractivity contribution in [3.8, 4) is 0 Å². The average molecular weight is 144 g/mol. The summed E-state index contributed by atoms with van der Waals surface area (Å²) < 4.78 is 0. The molecule has 0 aromatic rings. The monoisotopic (exact) mass is 144 g/mol. The fourth-order valence-corrected chi connectivity index (χ4v) is 0.705. The van der Waals surface area contributed by atoms with E-state index >= 15 is 0 Å². The normalized spacial score (nSPS) is 16.3. The van der Waals surface area contributed by atoms with E-state index in [1.165, 1.54) is 0 Å². The number of carbonyl (C=O) groups is 1. The van der Waals surface area contributed by atoms with Gasteiger partial charge in [-0.15, -0.1) is 0 Å². The smallest absolute Gasteiger partial charge is 0.139 e. The predicted octanol–water partition coefficient (Wildman–Crippen LogP) is -0.0977. The molecule has 0 saturated heterocycles. The minimum atomic E-state index is -0.628. The molecular weight excluding hydrogens is 128 g/mol. The van der Waals surface area contributed by atoms with Gasteiger partial charge in [0.2, 0.25) is 0 Å². The number of hydrogen-bond acceptors (Lipinski definition) is 3. The summed E-state index contributed by atoms with van der Waals surface area (Å²) in [6, 6.07) is 0. The standard InChI is InChI=1S/C7H16N2O/c1-7(8,6-10)4-3-5-9-2/h6,9H,3-5,8H2,1-2H3/t7-/m0/s1. The Morgan fingerprint density at radius 3 is 2.70 bits per heavy atom. The van der Waals surface area contributed by atoms with E-state index in [1.807, 2.05) is 7.05 Å². The van der Waals surface area contributed by atoms with E-state index in [9.17, 15) is 4.79 Å². The van der Waals surface area contributed by atoms with Crippen molar-refractivity contribution in [2.24, 2.45) is 5.73 Å². The Kier molecular flexibility index (Phi) is 4.23. The Balaban J connectivity index is 3.37. The van der Waals surface area contributed by atoms with Crippen LogP contribution >= 0.6 is 0 Å². The summed E-state index contributed by atoms with van der Waals surface area (Å²) in [5.41, 5.74) is 4.93. The molecule has 3 N–H and O–H groups in total. The molecule has 0 aliphatic carbocycles. The largest absolute Gasteiger partial charge is 0.320 e. The molecule has 0 rings (SSSR count). The van der Waals surface area contributed by atoms with Crippen LogP contribution in [0.25, 0.3) is 0 Å². The van der Waals surface area contributed by atoms with Crippen molar-refractivity contribution in [3.05, 3.63) is 0 Å². The molecule has 0 heterocycles. The molecule has 3 heteroatoms. The molecule has 3 nitrogen and oxygen atoms in total. The van der Waals surface area contributed by atoms with Crippen molar-refractivity contribution in [1.82, 2.24) is 5.32 Å². The van der Waals surface area contributed by atoms with Gasteiger partial charge in [0, 0.05) is 0 Å². The van der Waals surface area contributed by atoms with Gasteiger partial charge >= 0.3 is 0 Å². The maximum atomic E-state index is 10.3. The Morgan fingerprint density at radius 1 is 1.70 bits per heavy atom. The van der Waals surface area contributed by atoms with Crippen molar-refractivity contribution in [2.75, 3.05) is 13.6 Å². The highest BCUT2D eigenvalue weighted by atomic mass is 16.1. The molecule has 0 aromatic heterocycles. The number of nitrogens with one attached hydrogen (secondary N) is 1. The van der Waals surface area contributed by atoms with E-state index < -0.39 is 5.54 Å². The highest BCUT2D eigenvalue weighted by molar-refractivity contribution is 5.62. The fourth-order valence-electron chi connectivity index (χ4n) is 0.705. The van der Waals surface area contributed by atoms with Crippen molar-refractivity contribution in [3.63, 3.8) is 0 Å². The van der Waals surface area contributed by atoms with Gasteiger partial charge in [0.1, 0.15) is 6.29 Å². The molecule has 0 aliphatic rings. The lowest BCUT2D eigenvalue weighted by Gasteiger charge is -2.15. The summed E-state index contributed by atoms with van der Waals surface area (Å²) in [6.07, 6.45) is 2.50. The molecule has 0 aromatic carbocycles. The lowest BCUT2D eigenvalue weighted by atomic mass is 9.99. The van der Waals surface area contributed by atoms with Crippen LogP contribution in [0.4, 0.5) is 0 Å². The van der Waals surface area contributed by atoms with Crippen molar-refractivity contribution >= 4 is 6.29 Å². The van der Waals surface area contributed by atoms with Gasteiger partial charge < -0.3 is 15.8 Å². The molecule has 10 heavy (non-hydrogen) atoms. The fraction of sp³-hybridized carbons (Fsp3) is 0.857. The molecule has 60 valence electrons. The summed E-state index contributed by atoms with van der Waals surface area (Å²) in [7, 11) is 1.88. The second-order valence-corrected chi connectivity index (χ2v) is 2.83. The van der Waals surface area contributed by atoms with Gasteiger partial charge in [0.05, 0.1) is 5.54 Å². The van der Waals surface area contributed by atoms with Crippen LogP contribution in [0.5, 0.6) is 0 Å². The molecule has 0 unspecified atom stereocenters. The minimum absolute atomic E-state index is 0.628. The third-order valence-electron chi connectivity index (χ3n) is 1.41. The first-order valence-electron chi connectivity index (χ1n) is 3.52. The number of nitrogens with two attached hydrogens (primary N) is 1. The van der Waals surface area contributed by atoms with Crippen LogP contribution in [-0.4, -0.2) is 25.4 Å². The SMILES string of the molecule is CNCCC[C@](C)(N)C=O. The summed E-state index contributed by atoms with van der Waals surface area (Å²) >= 11 is 0. The highest BCUT2D eigenvalue weighted by Crippen LogP contribution is 2.03. The van der Waals surface area contributed by atoms with Crippen LogP contribution in [0, 0.1) is 0 Å². The van der Waals surface area contributed by atoms with Gasteiger partial charge in [-0.1, -0.05) is 0 Å². The van der Waals surface area contributed by atoms with Gasteiger partial charge in [-0.05, 0) is 33.4 Å². The van der Waals surface area contributed by atoms with E-state index in [4.69, 9.17) is 5.73 Å². The van der Waals surface area contributed by atoms with E-state index in [2.05, 4.69) is 5.32 Å². The van der Waals surface area contributed by atoms with E-state index in [0.717, 1.165) is 25.7 Å². The summed E-state index contributed by atoms with van der Waals surface area (Å²) in [4.78, 5) is 10.3. The minimum Gasteiger partial charge on any atom is -0.320 e. The maximum Gasteiger partial charge on any atom is 0.139 e. The van der Waals surface area contributed by atoms with Gasteiger partial charge in [0.15, 0.2) is 0 Å². The zero-order valence-corrected chi connectivity index (χ0v) is 6.68. The molecule has 0 aliphatic heterocycles. The topological polar surface area (TPSA) is 55.1 Å². The van der Waals surface area contributed by atoms with Crippen LogP contribution in [0.15, 0.2) is 0 Å². The Labute approximate surface area is 62.0 Å². The highest BCUT2D eigenvalue weighted by Gasteiger charge is 2.15. The number of carbonyl (C=O) groups excluding carboxylic acids is 1. The molecule has 0 spiro atoms. The third-order valence-corrected chi connectivity index (χ3v) is 1.41. The second kappa shape index (κ2) is 4.41. The van der Waals surface area contributed by atoms with Crippen molar-refractivity contribution in [2.45, 2.75) is 25.3 Å². The summed E-state index contributed by atoms with van der Waals surface area (Å²) in [5, 5.41) is 2.99. The summed E-state index contributed by atoms with van der Waals surface area (Å²) in [6.45, 7) is 2.66. The molecule has 0 bridgehead atoms. The Morgan fingerprint density at radius 2 is 2.30 bits per heavy atom. The molecule has 0 fully saturated rings. The first kappa shape index (κ1) is 9.59. The molecule has 0 saturated carbocycles. The number of aldehydes is 1. The van der Waals surface area contributed by atoms with Gasteiger partial charge in [-0.2, -0.15) is 0 Å². The number of hydrogen-bond donors (Lipinski definition) is 2. The zero-order chi connectivity index (χ0) is 8.04. The molecule has 0 radical (unpaired) electrons. The van der Waals surface area contributed by atoms with Gasteiger partial charge in [-0.25, -0.2) is 0 Å². The van der Waals surface area contributed by atoms with Gasteiger partial charge in [-0.3, -0.25) is 0 Å².